The van der Waals surface area contributed by atoms with Crippen molar-refractivity contribution in [3.8, 4) is 5.75 Å². The van der Waals surface area contributed by atoms with Crippen LogP contribution in [0, 0.1) is 6.92 Å². The van der Waals surface area contributed by atoms with E-state index in [1.54, 1.807) is 13.2 Å². The fraction of sp³-hybridized carbons (Fsp3) is 0.308. The number of para-hydroxylation sites is 1. The smallest absolute Gasteiger partial charge is 0.267 e. The van der Waals surface area contributed by atoms with Gasteiger partial charge >= 0.3 is 0 Å². The van der Waals surface area contributed by atoms with Gasteiger partial charge < -0.3 is 14.4 Å². The van der Waals surface area contributed by atoms with E-state index in [-0.39, 0.29) is 12.2 Å². The predicted molar refractivity (Wildman–Crippen MR) is 129 cm³/mol. The second kappa shape index (κ2) is 10.5. The lowest BCUT2D eigenvalue weighted by Gasteiger charge is -2.23. The number of nitrogens with one attached hydrogen (secondary N) is 1. The van der Waals surface area contributed by atoms with E-state index in [0.29, 0.717) is 12.4 Å². The molecule has 0 spiro atoms. The van der Waals surface area contributed by atoms with Gasteiger partial charge in [0.15, 0.2) is 6.29 Å². The van der Waals surface area contributed by atoms with E-state index in [2.05, 4.69) is 27.5 Å². The van der Waals surface area contributed by atoms with Gasteiger partial charge in [0.2, 0.25) is 0 Å². The van der Waals surface area contributed by atoms with Gasteiger partial charge in [-0.2, -0.15) is 0 Å². The largest absolute Gasteiger partial charge is 0.496 e. The maximum Gasteiger partial charge on any atom is 0.267 e. The number of carbonyl (C=O) groups is 1. The molecular weight excluding hydrogens is 418 g/mol. The second-order valence-corrected chi connectivity index (χ2v) is 8.00. The lowest BCUT2D eigenvalue weighted by atomic mass is 10.1. The summed E-state index contributed by atoms with van der Waals surface area (Å²) in [5.41, 5.74) is 7.13. The summed E-state index contributed by atoms with van der Waals surface area (Å²) in [6.45, 7) is 2.64. The first kappa shape index (κ1) is 22.8. The maximum atomic E-state index is 12.2. The molecule has 1 saturated heterocycles. The maximum absolute atomic E-state index is 12.2. The van der Waals surface area contributed by atoms with Gasteiger partial charge in [-0.1, -0.05) is 18.2 Å². The molecule has 172 valence electrons. The predicted octanol–water partition coefficient (Wildman–Crippen LogP) is 4.91. The van der Waals surface area contributed by atoms with Crippen molar-refractivity contribution in [2.24, 2.45) is 0 Å². The van der Waals surface area contributed by atoms with E-state index in [0.717, 1.165) is 52.8 Å². The van der Waals surface area contributed by atoms with Gasteiger partial charge in [0, 0.05) is 48.5 Å². The molecule has 2 aromatic carbocycles. The third kappa shape index (κ3) is 5.50. The number of benzene rings is 2. The molecule has 2 heterocycles. The Morgan fingerprint density at radius 1 is 1.21 bits per heavy atom. The first-order chi connectivity index (χ1) is 16.0. The van der Waals surface area contributed by atoms with Crippen LogP contribution in [0.25, 0.3) is 17.0 Å². The number of fused-ring (bicyclic) bond motifs is 1. The molecule has 1 aromatic heterocycles. The van der Waals surface area contributed by atoms with Crippen LogP contribution in [0.15, 0.2) is 54.6 Å². The van der Waals surface area contributed by atoms with Crippen molar-refractivity contribution in [2.45, 2.75) is 32.5 Å². The summed E-state index contributed by atoms with van der Waals surface area (Å²) in [4.78, 5) is 24.3. The fourth-order valence-corrected chi connectivity index (χ4v) is 3.89. The molecule has 1 aliphatic rings. The van der Waals surface area contributed by atoms with Crippen LogP contribution in [0.4, 0.5) is 11.4 Å². The molecule has 33 heavy (non-hydrogen) atoms. The molecule has 1 N–H and O–H groups in total. The Balaban J connectivity index is 1.54. The summed E-state index contributed by atoms with van der Waals surface area (Å²) in [5.74, 6) is 0.309. The van der Waals surface area contributed by atoms with Gasteiger partial charge in [-0.15, -0.1) is 0 Å². The first-order valence-electron chi connectivity index (χ1n) is 11.1. The minimum absolute atomic E-state index is 0.360. The van der Waals surface area contributed by atoms with E-state index >= 15 is 0 Å². The molecule has 1 fully saturated rings. The SMILES string of the molecule is COc1ccc(N(C)c2cc(C)nc3ccccc23)cc1/C=C/C(=O)NOC1CCCCO1. The standard InChI is InChI=1S/C26H29N3O4/c1-18-16-23(21-8-4-5-9-22(21)27-18)29(2)20-12-13-24(31-3)19(17-20)11-14-25(30)28-33-26-10-6-7-15-32-26/h4-5,8-9,11-14,16-17,26H,6-7,10,15H2,1-3H3,(H,28,30)/b14-11+. The number of rotatable bonds is 7. The number of hydrogen-bond donors (Lipinski definition) is 1. The number of anilines is 2. The van der Waals surface area contributed by atoms with Crippen molar-refractivity contribution in [1.82, 2.24) is 10.5 Å². The van der Waals surface area contributed by atoms with Crippen LogP contribution in [-0.2, 0) is 14.4 Å². The summed E-state index contributed by atoms with van der Waals surface area (Å²) >= 11 is 0. The number of aromatic nitrogens is 1. The lowest BCUT2D eigenvalue weighted by molar-refractivity contribution is -0.198. The molecule has 4 rings (SSSR count). The highest BCUT2D eigenvalue weighted by molar-refractivity contribution is 5.94. The van der Waals surface area contributed by atoms with Crippen molar-refractivity contribution in [3.63, 3.8) is 0 Å². The number of pyridine rings is 1. The van der Waals surface area contributed by atoms with Crippen molar-refractivity contribution in [3.05, 3.63) is 65.9 Å². The molecule has 7 nitrogen and oxygen atoms in total. The topological polar surface area (TPSA) is 72.9 Å². The number of carbonyl (C=O) groups excluding carboxylic acids is 1. The molecule has 0 bridgehead atoms. The number of hydroxylamine groups is 1. The third-order valence-electron chi connectivity index (χ3n) is 5.63. The quantitative estimate of drug-likeness (QED) is 0.410. The van der Waals surface area contributed by atoms with Crippen molar-refractivity contribution >= 4 is 34.3 Å². The van der Waals surface area contributed by atoms with Crippen LogP contribution in [-0.4, -0.2) is 37.9 Å². The van der Waals surface area contributed by atoms with E-state index in [4.69, 9.17) is 14.3 Å². The number of aryl methyl sites for hydroxylation is 1. The molecular formula is C26H29N3O4. The van der Waals surface area contributed by atoms with Gasteiger partial charge in [0.1, 0.15) is 5.75 Å². The molecule has 7 heteroatoms. The zero-order chi connectivity index (χ0) is 23.2. The summed E-state index contributed by atoms with van der Waals surface area (Å²) < 4.78 is 11.0. The number of hydrogen-bond acceptors (Lipinski definition) is 6. The summed E-state index contributed by atoms with van der Waals surface area (Å²) in [7, 11) is 3.63. The van der Waals surface area contributed by atoms with Gasteiger partial charge in [-0.25, -0.2) is 10.3 Å². The average molecular weight is 448 g/mol. The van der Waals surface area contributed by atoms with Crippen LogP contribution >= 0.6 is 0 Å². The van der Waals surface area contributed by atoms with Crippen LogP contribution in [0.1, 0.15) is 30.5 Å². The first-order valence-corrected chi connectivity index (χ1v) is 11.1. The molecule has 1 aliphatic heterocycles. The molecule has 1 amide bonds. The van der Waals surface area contributed by atoms with Crippen LogP contribution in [0.3, 0.4) is 0 Å². The van der Waals surface area contributed by atoms with Crippen molar-refractivity contribution in [1.29, 1.82) is 0 Å². The van der Waals surface area contributed by atoms with Crippen LogP contribution in [0.5, 0.6) is 5.75 Å². The summed E-state index contributed by atoms with van der Waals surface area (Å²) in [6.07, 6.45) is 5.58. The van der Waals surface area contributed by atoms with E-state index in [1.807, 2.05) is 50.4 Å². The highest BCUT2D eigenvalue weighted by Gasteiger charge is 2.15. The number of ether oxygens (including phenoxy) is 2. The van der Waals surface area contributed by atoms with Gasteiger partial charge in [0.05, 0.1) is 18.3 Å². The highest BCUT2D eigenvalue weighted by Crippen LogP contribution is 2.33. The third-order valence-corrected chi connectivity index (χ3v) is 5.63. The highest BCUT2D eigenvalue weighted by atomic mass is 16.8. The van der Waals surface area contributed by atoms with Crippen LogP contribution < -0.4 is 15.1 Å². The lowest BCUT2D eigenvalue weighted by Crippen LogP contribution is -2.32. The molecule has 0 aliphatic carbocycles. The van der Waals surface area contributed by atoms with Crippen molar-refractivity contribution in [2.75, 3.05) is 25.7 Å². The Kier molecular flexibility index (Phi) is 7.22. The molecule has 0 saturated carbocycles. The monoisotopic (exact) mass is 447 g/mol. The zero-order valence-electron chi connectivity index (χ0n) is 19.2. The number of amides is 1. The van der Waals surface area contributed by atoms with E-state index in [1.165, 1.54) is 6.08 Å². The van der Waals surface area contributed by atoms with Gasteiger partial charge in [0.25, 0.3) is 5.91 Å². The molecule has 1 unspecified atom stereocenters. The van der Waals surface area contributed by atoms with E-state index in [9.17, 15) is 4.79 Å². The van der Waals surface area contributed by atoms with E-state index < -0.39 is 0 Å². The Morgan fingerprint density at radius 2 is 2.06 bits per heavy atom. The van der Waals surface area contributed by atoms with Crippen LogP contribution in [0.2, 0.25) is 0 Å². The minimum Gasteiger partial charge on any atom is -0.496 e. The Morgan fingerprint density at radius 3 is 2.85 bits per heavy atom. The Hall–Kier alpha value is -3.42. The molecule has 0 radical (unpaired) electrons. The average Bonchev–Trinajstić information content (AvgIpc) is 2.85. The Bertz CT molecular complexity index is 1160. The normalized spacial score (nSPS) is 16.2. The fourth-order valence-electron chi connectivity index (χ4n) is 3.89. The minimum atomic E-state index is -0.388. The number of nitrogens with zero attached hydrogens (tertiary/aromatic N) is 2. The zero-order valence-corrected chi connectivity index (χ0v) is 19.2. The Labute approximate surface area is 193 Å². The van der Waals surface area contributed by atoms with Gasteiger partial charge in [-0.05, 0) is 56.2 Å². The van der Waals surface area contributed by atoms with Gasteiger partial charge in [-0.3, -0.25) is 9.78 Å². The molecule has 3 aromatic rings. The summed E-state index contributed by atoms with van der Waals surface area (Å²) in [5, 5.41) is 1.07. The number of methoxy groups -OCH3 is 1. The molecule has 1 atom stereocenters. The second-order valence-electron chi connectivity index (χ2n) is 8.00. The summed E-state index contributed by atoms with van der Waals surface area (Å²) in [6, 6.07) is 16.0. The van der Waals surface area contributed by atoms with Crippen molar-refractivity contribution < 1.29 is 19.1 Å².